The fraction of sp³-hybridized carbons (Fsp3) is 0.875. The summed E-state index contributed by atoms with van der Waals surface area (Å²) in [5.41, 5.74) is 0.248. The number of carbonyl (C=O) groups excluding carboxylic acids is 1. The zero-order valence-corrected chi connectivity index (χ0v) is 5.65. The molecule has 0 radical (unpaired) electrons. The highest BCUT2D eigenvalue weighted by Crippen LogP contribution is 2.52. The smallest absolute Gasteiger partial charge is 0.140 e. The van der Waals surface area contributed by atoms with Gasteiger partial charge >= 0.3 is 0 Å². The molecular weight excluding hydrogens is 112 g/mol. The van der Waals surface area contributed by atoms with Gasteiger partial charge in [0.15, 0.2) is 0 Å². The molecule has 0 unspecified atom stereocenters. The van der Waals surface area contributed by atoms with E-state index in [0.717, 1.165) is 6.42 Å². The number of carbonyl (C=O) groups is 1. The summed E-state index contributed by atoms with van der Waals surface area (Å²) in [6.45, 7) is 0. The van der Waals surface area contributed by atoms with Crippen LogP contribution in [0.3, 0.4) is 0 Å². The summed E-state index contributed by atoms with van der Waals surface area (Å²) < 4.78 is 0. The van der Waals surface area contributed by atoms with Crippen LogP contribution in [0.5, 0.6) is 0 Å². The van der Waals surface area contributed by atoms with Crippen molar-refractivity contribution in [1.82, 2.24) is 0 Å². The second-order valence-corrected chi connectivity index (χ2v) is 3.44. The molecule has 2 aliphatic carbocycles. The molecule has 50 valence electrons. The van der Waals surface area contributed by atoms with Crippen molar-refractivity contribution in [2.45, 2.75) is 38.5 Å². The second kappa shape index (κ2) is 1.59. The molecule has 2 fully saturated rings. The number of rotatable bonds is 0. The fourth-order valence-corrected chi connectivity index (χ4v) is 1.95. The highest BCUT2D eigenvalue weighted by molar-refractivity contribution is 6.00. The Balaban J connectivity index is 2.04. The van der Waals surface area contributed by atoms with Gasteiger partial charge in [0.2, 0.25) is 0 Å². The van der Waals surface area contributed by atoms with Crippen LogP contribution in [0.4, 0.5) is 0 Å². The van der Waals surface area contributed by atoms with Crippen LogP contribution in [0.25, 0.3) is 0 Å². The summed E-state index contributed by atoms with van der Waals surface area (Å²) in [6, 6.07) is 0. The van der Waals surface area contributed by atoms with E-state index >= 15 is 0 Å². The first kappa shape index (κ1) is 5.45. The predicted molar refractivity (Wildman–Crippen MR) is 35.1 cm³/mol. The molecule has 0 aromatic carbocycles. The van der Waals surface area contributed by atoms with Gasteiger partial charge in [0.25, 0.3) is 0 Å². The third-order valence-electron chi connectivity index (χ3n) is 2.78. The molecule has 9 heavy (non-hydrogen) atoms. The molecule has 1 spiro atoms. The van der Waals surface area contributed by atoms with Gasteiger partial charge in [-0.25, -0.2) is 0 Å². The zero-order valence-electron chi connectivity index (χ0n) is 5.65. The molecule has 2 saturated carbocycles. The number of ketones is 1. The monoisotopic (exact) mass is 124 g/mol. The summed E-state index contributed by atoms with van der Waals surface area (Å²) in [6.07, 6.45) is 7.26. The minimum Gasteiger partial charge on any atom is -0.299 e. The number of hydrogen-bond acceptors (Lipinski definition) is 1. The molecule has 0 saturated heterocycles. The molecule has 0 heterocycles. The maximum Gasteiger partial charge on any atom is 0.140 e. The fourth-order valence-electron chi connectivity index (χ4n) is 1.95. The summed E-state index contributed by atoms with van der Waals surface area (Å²) in [5, 5.41) is 0. The third-order valence-corrected chi connectivity index (χ3v) is 2.78. The predicted octanol–water partition coefficient (Wildman–Crippen LogP) is 1.91. The normalized spacial score (nSPS) is 30.9. The Kier molecular flexibility index (Phi) is 0.961. The van der Waals surface area contributed by atoms with Crippen LogP contribution in [0.15, 0.2) is 0 Å². The van der Waals surface area contributed by atoms with Gasteiger partial charge in [0.05, 0.1) is 0 Å². The second-order valence-electron chi connectivity index (χ2n) is 3.44. The Morgan fingerprint density at radius 3 is 2.00 bits per heavy atom. The first-order valence-electron chi connectivity index (χ1n) is 3.87. The van der Waals surface area contributed by atoms with Crippen LogP contribution in [0.1, 0.15) is 38.5 Å². The zero-order chi connectivity index (χ0) is 6.32. The highest BCUT2D eigenvalue weighted by Gasteiger charge is 2.52. The molecule has 0 N–H and O–H groups in total. The van der Waals surface area contributed by atoms with Crippen molar-refractivity contribution in [1.29, 1.82) is 0 Å². The van der Waals surface area contributed by atoms with Crippen LogP contribution < -0.4 is 0 Å². The van der Waals surface area contributed by atoms with E-state index < -0.39 is 0 Å². The van der Waals surface area contributed by atoms with E-state index in [0.29, 0.717) is 5.78 Å². The lowest BCUT2D eigenvalue weighted by atomic mass is 9.86. The molecule has 0 aromatic heterocycles. The molecular formula is C8H12O. The molecule has 1 nitrogen and oxygen atoms in total. The van der Waals surface area contributed by atoms with Crippen molar-refractivity contribution in [3.05, 3.63) is 0 Å². The lowest BCUT2D eigenvalue weighted by Gasteiger charge is -2.17. The topological polar surface area (TPSA) is 17.1 Å². The summed E-state index contributed by atoms with van der Waals surface area (Å²) in [5.74, 6) is 0.544. The van der Waals surface area contributed by atoms with Crippen LogP contribution in [-0.2, 0) is 4.79 Å². The van der Waals surface area contributed by atoms with Gasteiger partial charge < -0.3 is 0 Å². The van der Waals surface area contributed by atoms with E-state index in [-0.39, 0.29) is 5.41 Å². The van der Waals surface area contributed by atoms with E-state index in [1.165, 1.54) is 32.1 Å². The highest BCUT2D eigenvalue weighted by atomic mass is 16.1. The Morgan fingerprint density at radius 1 is 1.11 bits per heavy atom. The van der Waals surface area contributed by atoms with Crippen molar-refractivity contribution < 1.29 is 4.79 Å². The molecule has 0 bridgehead atoms. The van der Waals surface area contributed by atoms with E-state index in [2.05, 4.69) is 0 Å². The van der Waals surface area contributed by atoms with Crippen molar-refractivity contribution >= 4 is 5.78 Å². The first-order valence-corrected chi connectivity index (χ1v) is 3.87. The van der Waals surface area contributed by atoms with Gasteiger partial charge in [-0.05, 0) is 12.8 Å². The standard InChI is InChI=1S/C8H12O/c9-7-6-8(7)4-2-1-3-5-8/h1-6H2. The minimum atomic E-state index is 0.248. The first-order chi connectivity index (χ1) is 4.33. The lowest BCUT2D eigenvalue weighted by Crippen LogP contribution is -2.08. The van der Waals surface area contributed by atoms with Gasteiger partial charge in [-0.1, -0.05) is 19.3 Å². The summed E-state index contributed by atoms with van der Waals surface area (Å²) in [7, 11) is 0. The van der Waals surface area contributed by atoms with Crippen LogP contribution in [-0.4, -0.2) is 5.78 Å². The number of Topliss-reactive ketones (excluding diaryl/α,β-unsaturated/α-hetero) is 1. The van der Waals surface area contributed by atoms with Gasteiger partial charge in [0, 0.05) is 11.8 Å². The SMILES string of the molecule is O=C1CC12CCCCC2. The minimum absolute atomic E-state index is 0.248. The molecule has 2 aliphatic rings. The van der Waals surface area contributed by atoms with E-state index in [9.17, 15) is 4.79 Å². The molecule has 0 aliphatic heterocycles. The Labute approximate surface area is 55.4 Å². The Morgan fingerprint density at radius 2 is 1.67 bits per heavy atom. The molecule has 0 aromatic rings. The van der Waals surface area contributed by atoms with Crippen molar-refractivity contribution in [3.63, 3.8) is 0 Å². The van der Waals surface area contributed by atoms with Crippen LogP contribution in [0, 0.1) is 5.41 Å². The average Bonchev–Trinajstić information content (AvgIpc) is 2.44. The Hall–Kier alpha value is -0.330. The van der Waals surface area contributed by atoms with Crippen molar-refractivity contribution in [2.75, 3.05) is 0 Å². The molecule has 0 amide bonds. The summed E-state index contributed by atoms with van der Waals surface area (Å²) >= 11 is 0. The average molecular weight is 124 g/mol. The van der Waals surface area contributed by atoms with Crippen molar-refractivity contribution in [3.8, 4) is 0 Å². The van der Waals surface area contributed by atoms with Gasteiger partial charge in [-0.2, -0.15) is 0 Å². The van der Waals surface area contributed by atoms with Gasteiger partial charge in [-0.3, -0.25) is 4.79 Å². The van der Waals surface area contributed by atoms with E-state index in [4.69, 9.17) is 0 Å². The van der Waals surface area contributed by atoms with Crippen LogP contribution >= 0.6 is 0 Å². The Bertz CT molecular complexity index is 143. The molecule has 0 atom stereocenters. The number of hydrogen-bond donors (Lipinski definition) is 0. The lowest BCUT2D eigenvalue weighted by molar-refractivity contribution is -0.113. The van der Waals surface area contributed by atoms with Gasteiger partial charge in [0.1, 0.15) is 5.78 Å². The molecule has 2 rings (SSSR count). The largest absolute Gasteiger partial charge is 0.299 e. The van der Waals surface area contributed by atoms with E-state index in [1.807, 2.05) is 0 Å². The van der Waals surface area contributed by atoms with Crippen molar-refractivity contribution in [2.24, 2.45) is 5.41 Å². The molecule has 1 heteroatoms. The quantitative estimate of drug-likeness (QED) is 0.482. The maximum atomic E-state index is 10.9. The summed E-state index contributed by atoms with van der Waals surface area (Å²) in [4.78, 5) is 10.9. The van der Waals surface area contributed by atoms with Crippen LogP contribution in [0.2, 0.25) is 0 Å². The third kappa shape index (κ3) is 0.707. The van der Waals surface area contributed by atoms with Gasteiger partial charge in [-0.15, -0.1) is 0 Å². The maximum absolute atomic E-state index is 10.9. The van der Waals surface area contributed by atoms with E-state index in [1.54, 1.807) is 0 Å².